The van der Waals surface area contributed by atoms with Crippen LogP contribution in [0.1, 0.15) is 6.92 Å². The number of methoxy groups -OCH3 is 1. The highest BCUT2D eigenvalue weighted by atomic mass is 19.1. The van der Waals surface area contributed by atoms with E-state index in [-0.39, 0.29) is 5.75 Å². The van der Waals surface area contributed by atoms with E-state index in [1.807, 2.05) is 31.2 Å². The Morgan fingerprint density at radius 3 is 2.75 bits per heavy atom. The molecule has 0 aliphatic carbocycles. The maximum atomic E-state index is 13.5. The van der Waals surface area contributed by atoms with Gasteiger partial charge in [-0.2, -0.15) is 0 Å². The first-order valence-corrected chi connectivity index (χ1v) is 6.27. The molecular formula is C15H17FN2O2. The largest absolute Gasteiger partial charge is 0.494 e. The van der Waals surface area contributed by atoms with Gasteiger partial charge in [0.05, 0.1) is 25.1 Å². The van der Waals surface area contributed by atoms with Crippen molar-refractivity contribution in [1.82, 2.24) is 0 Å². The third-order valence-electron chi connectivity index (χ3n) is 2.75. The van der Waals surface area contributed by atoms with Gasteiger partial charge in [-0.15, -0.1) is 0 Å². The lowest BCUT2D eigenvalue weighted by atomic mass is 10.2. The molecule has 0 atom stereocenters. The Kier molecular flexibility index (Phi) is 4.30. The number of nitrogens with one attached hydrogen (secondary N) is 1. The van der Waals surface area contributed by atoms with Crippen LogP contribution in [0.3, 0.4) is 0 Å². The van der Waals surface area contributed by atoms with Gasteiger partial charge in [0.15, 0.2) is 11.6 Å². The number of benzene rings is 2. The molecule has 0 aliphatic heterocycles. The predicted molar refractivity (Wildman–Crippen MR) is 78.3 cm³/mol. The molecule has 3 N–H and O–H groups in total. The second-order valence-electron chi connectivity index (χ2n) is 4.16. The lowest BCUT2D eigenvalue weighted by Crippen LogP contribution is -2.00. The summed E-state index contributed by atoms with van der Waals surface area (Å²) in [4.78, 5) is 0. The highest BCUT2D eigenvalue weighted by molar-refractivity contribution is 5.74. The average Bonchev–Trinajstić information content (AvgIpc) is 2.43. The van der Waals surface area contributed by atoms with Crippen LogP contribution in [0.25, 0.3) is 0 Å². The predicted octanol–water partition coefficient (Wildman–Crippen LogP) is 3.56. The van der Waals surface area contributed by atoms with Gasteiger partial charge in [-0.05, 0) is 19.1 Å². The van der Waals surface area contributed by atoms with Crippen LogP contribution in [0.2, 0.25) is 0 Å². The number of halogens is 1. The zero-order valence-corrected chi connectivity index (χ0v) is 11.4. The fourth-order valence-electron chi connectivity index (χ4n) is 1.82. The van der Waals surface area contributed by atoms with E-state index in [0.717, 1.165) is 11.4 Å². The smallest absolute Gasteiger partial charge is 0.167 e. The maximum absolute atomic E-state index is 13.5. The van der Waals surface area contributed by atoms with E-state index in [1.54, 1.807) is 0 Å². The van der Waals surface area contributed by atoms with Crippen LogP contribution in [-0.4, -0.2) is 13.7 Å². The number of hydrogen-bond acceptors (Lipinski definition) is 4. The molecule has 2 rings (SSSR count). The van der Waals surface area contributed by atoms with E-state index < -0.39 is 5.82 Å². The Bertz CT molecular complexity index is 602. The standard InChI is InChI=1S/C15H17FN2O2/c1-3-20-11-6-4-5-10(7-11)18-14-9-15(19-2)12(16)8-13(14)17/h4-9,18H,3,17H2,1-2H3. The van der Waals surface area contributed by atoms with Crippen molar-refractivity contribution in [3.8, 4) is 11.5 Å². The van der Waals surface area contributed by atoms with Crippen LogP contribution < -0.4 is 20.5 Å². The van der Waals surface area contributed by atoms with Crippen LogP contribution in [0.5, 0.6) is 11.5 Å². The Hall–Kier alpha value is -2.43. The minimum Gasteiger partial charge on any atom is -0.494 e. The van der Waals surface area contributed by atoms with Gasteiger partial charge in [0.1, 0.15) is 5.75 Å². The molecule has 0 radical (unpaired) electrons. The van der Waals surface area contributed by atoms with Gasteiger partial charge in [-0.3, -0.25) is 0 Å². The molecule has 0 saturated carbocycles. The van der Waals surface area contributed by atoms with Crippen LogP contribution >= 0.6 is 0 Å². The van der Waals surface area contributed by atoms with Gasteiger partial charge >= 0.3 is 0 Å². The highest BCUT2D eigenvalue weighted by Gasteiger charge is 2.08. The molecule has 0 amide bonds. The first-order chi connectivity index (χ1) is 9.63. The van der Waals surface area contributed by atoms with Crippen molar-refractivity contribution in [2.75, 3.05) is 24.8 Å². The van der Waals surface area contributed by atoms with Gasteiger partial charge in [-0.1, -0.05) is 6.07 Å². The minimum absolute atomic E-state index is 0.141. The summed E-state index contributed by atoms with van der Waals surface area (Å²) in [6.07, 6.45) is 0. The first-order valence-electron chi connectivity index (χ1n) is 6.27. The summed E-state index contributed by atoms with van der Waals surface area (Å²) >= 11 is 0. The molecule has 5 heteroatoms. The molecular weight excluding hydrogens is 259 g/mol. The first kappa shape index (κ1) is 14.0. The summed E-state index contributed by atoms with van der Waals surface area (Å²) < 4.78 is 23.8. The van der Waals surface area contributed by atoms with Gasteiger partial charge in [0, 0.05) is 23.9 Å². The highest BCUT2D eigenvalue weighted by Crippen LogP contribution is 2.31. The summed E-state index contributed by atoms with van der Waals surface area (Å²) in [5.41, 5.74) is 7.49. The SMILES string of the molecule is CCOc1cccc(Nc2cc(OC)c(F)cc2N)c1. The van der Waals surface area contributed by atoms with Crippen LogP contribution in [-0.2, 0) is 0 Å². The molecule has 0 aromatic heterocycles. The molecule has 0 heterocycles. The topological polar surface area (TPSA) is 56.5 Å². The molecule has 0 spiro atoms. The minimum atomic E-state index is -0.487. The van der Waals surface area contributed by atoms with Crippen molar-refractivity contribution < 1.29 is 13.9 Å². The van der Waals surface area contributed by atoms with Gasteiger partial charge in [0.25, 0.3) is 0 Å². The number of nitrogen functional groups attached to an aromatic ring is 1. The Balaban J connectivity index is 2.27. The van der Waals surface area contributed by atoms with E-state index in [0.29, 0.717) is 18.0 Å². The summed E-state index contributed by atoms with van der Waals surface area (Å²) in [6, 6.07) is 10.2. The third-order valence-corrected chi connectivity index (χ3v) is 2.75. The summed E-state index contributed by atoms with van der Waals surface area (Å²) in [6.45, 7) is 2.51. The number of ether oxygens (including phenoxy) is 2. The van der Waals surface area contributed by atoms with E-state index in [4.69, 9.17) is 15.2 Å². The summed E-state index contributed by atoms with van der Waals surface area (Å²) in [7, 11) is 1.41. The summed E-state index contributed by atoms with van der Waals surface area (Å²) in [5.74, 6) is 0.409. The molecule has 0 aliphatic rings. The molecule has 2 aromatic carbocycles. The van der Waals surface area contributed by atoms with E-state index in [9.17, 15) is 4.39 Å². The molecule has 0 bridgehead atoms. The average molecular weight is 276 g/mol. The van der Waals surface area contributed by atoms with Gasteiger partial charge < -0.3 is 20.5 Å². The number of anilines is 3. The molecule has 0 saturated heterocycles. The van der Waals surface area contributed by atoms with Crippen molar-refractivity contribution in [2.24, 2.45) is 0 Å². The summed E-state index contributed by atoms with van der Waals surface area (Å²) in [5, 5.41) is 3.12. The van der Waals surface area contributed by atoms with Crippen molar-refractivity contribution >= 4 is 17.1 Å². The normalized spacial score (nSPS) is 10.2. The zero-order valence-electron chi connectivity index (χ0n) is 11.4. The van der Waals surface area contributed by atoms with E-state index in [2.05, 4.69) is 5.32 Å². The Labute approximate surface area is 117 Å². The molecule has 4 nitrogen and oxygen atoms in total. The van der Waals surface area contributed by atoms with Crippen molar-refractivity contribution in [3.05, 3.63) is 42.2 Å². The number of nitrogens with two attached hydrogens (primary N) is 1. The lowest BCUT2D eigenvalue weighted by molar-refractivity contribution is 0.340. The van der Waals surface area contributed by atoms with Crippen LogP contribution in [0.4, 0.5) is 21.5 Å². The van der Waals surface area contributed by atoms with E-state index in [1.165, 1.54) is 19.2 Å². The lowest BCUT2D eigenvalue weighted by Gasteiger charge is -2.13. The van der Waals surface area contributed by atoms with Crippen molar-refractivity contribution in [1.29, 1.82) is 0 Å². The fraction of sp³-hybridized carbons (Fsp3) is 0.200. The third kappa shape index (κ3) is 3.12. The van der Waals surface area contributed by atoms with Crippen LogP contribution in [0.15, 0.2) is 36.4 Å². The Morgan fingerprint density at radius 2 is 2.05 bits per heavy atom. The fourth-order valence-corrected chi connectivity index (χ4v) is 1.82. The maximum Gasteiger partial charge on any atom is 0.167 e. The number of hydrogen-bond donors (Lipinski definition) is 2. The van der Waals surface area contributed by atoms with Crippen molar-refractivity contribution in [3.63, 3.8) is 0 Å². The van der Waals surface area contributed by atoms with Crippen molar-refractivity contribution in [2.45, 2.75) is 6.92 Å². The second-order valence-corrected chi connectivity index (χ2v) is 4.16. The second kappa shape index (κ2) is 6.14. The zero-order chi connectivity index (χ0) is 14.5. The monoisotopic (exact) mass is 276 g/mol. The molecule has 0 unspecified atom stereocenters. The van der Waals surface area contributed by atoms with Gasteiger partial charge in [-0.25, -0.2) is 4.39 Å². The number of rotatable bonds is 5. The quantitative estimate of drug-likeness (QED) is 0.820. The molecule has 20 heavy (non-hydrogen) atoms. The van der Waals surface area contributed by atoms with Crippen LogP contribution in [0, 0.1) is 5.82 Å². The van der Waals surface area contributed by atoms with Gasteiger partial charge in [0.2, 0.25) is 0 Å². The van der Waals surface area contributed by atoms with E-state index >= 15 is 0 Å². The Morgan fingerprint density at radius 1 is 1.25 bits per heavy atom. The molecule has 106 valence electrons. The molecule has 0 fully saturated rings. The molecule has 2 aromatic rings.